The Morgan fingerprint density at radius 1 is 1.35 bits per heavy atom. The molecule has 1 rings (SSSR count). The molecule has 0 spiro atoms. The molecule has 1 saturated heterocycles. The van der Waals surface area contributed by atoms with Crippen LogP contribution in [-0.4, -0.2) is 54.3 Å². The number of nitrogens with zero attached hydrogens (tertiary/aromatic N) is 1. The van der Waals surface area contributed by atoms with Crippen LogP contribution in [-0.2, 0) is 19.1 Å². The van der Waals surface area contributed by atoms with Crippen LogP contribution in [0, 0.1) is 5.92 Å². The minimum atomic E-state index is -0.924. The number of hydrogen-bond donors (Lipinski definition) is 1. The van der Waals surface area contributed by atoms with E-state index in [0.29, 0.717) is 5.92 Å². The summed E-state index contributed by atoms with van der Waals surface area (Å²) >= 11 is 0. The molecule has 1 aliphatic heterocycles. The highest BCUT2D eigenvalue weighted by Gasteiger charge is 2.48. The Hall–Kier alpha value is -0.950. The first-order valence-electron chi connectivity index (χ1n) is 6.71. The standard InChI is InChI=1S/C14H25NO5/c1-9(2)7-8-10(16)11-12(13(17)15(5)18-6)20-14(3,4)19-11/h7-12,16H,1-6H3/b8-7+/t10-,11+,12-/m1/s1. The van der Waals surface area contributed by atoms with Crippen molar-refractivity contribution < 1.29 is 24.2 Å². The number of hydroxylamine groups is 2. The molecule has 1 heterocycles. The van der Waals surface area contributed by atoms with Gasteiger partial charge in [0.1, 0.15) is 12.2 Å². The Morgan fingerprint density at radius 3 is 2.45 bits per heavy atom. The number of hydrogen-bond acceptors (Lipinski definition) is 5. The molecule has 0 aliphatic carbocycles. The lowest BCUT2D eigenvalue weighted by Crippen LogP contribution is -2.45. The number of carbonyl (C=O) groups is 1. The van der Waals surface area contributed by atoms with Crippen molar-refractivity contribution in [3.8, 4) is 0 Å². The summed E-state index contributed by atoms with van der Waals surface area (Å²) in [7, 11) is 2.88. The fourth-order valence-corrected chi connectivity index (χ4v) is 1.94. The smallest absolute Gasteiger partial charge is 0.277 e. The van der Waals surface area contributed by atoms with Crippen LogP contribution in [0.2, 0.25) is 0 Å². The zero-order valence-electron chi connectivity index (χ0n) is 13.0. The largest absolute Gasteiger partial charge is 0.386 e. The van der Waals surface area contributed by atoms with Gasteiger partial charge in [-0.3, -0.25) is 9.63 Å². The molecule has 1 N–H and O–H groups in total. The zero-order valence-corrected chi connectivity index (χ0v) is 13.0. The summed E-state index contributed by atoms with van der Waals surface area (Å²) in [5.41, 5.74) is 0. The Morgan fingerprint density at radius 2 is 1.95 bits per heavy atom. The van der Waals surface area contributed by atoms with Crippen LogP contribution < -0.4 is 0 Å². The third-order valence-electron chi connectivity index (χ3n) is 2.99. The van der Waals surface area contributed by atoms with Crippen molar-refractivity contribution in [3.05, 3.63) is 12.2 Å². The first kappa shape index (κ1) is 17.1. The molecule has 0 aromatic carbocycles. The van der Waals surface area contributed by atoms with Crippen LogP contribution in [0.4, 0.5) is 0 Å². The minimum Gasteiger partial charge on any atom is -0.386 e. The number of ether oxygens (including phenoxy) is 2. The highest BCUT2D eigenvalue weighted by Crippen LogP contribution is 2.31. The lowest BCUT2D eigenvalue weighted by atomic mass is 10.1. The molecule has 0 unspecified atom stereocenters. The molecule has 6 heteroatoms. The molecule has 0 aromatic heterocycles. The lowest BCUT2D eigenvalue weighted by molar-refractivity contribution is -0.187. The molecule has 6 nitrogen and oxygen atoms in total. The molecular formula is C14H25NO5. The highest BCUT2D eigenvalue weighted by molar-refractivity contribution is 5.80. The molecule has 20 heavy (non-hydrogen) atoms. The molecule has 0 bridgehead atoms. The number of rotatable bonds is 5. The van der Waals surface area contributed by atoms with Gasteiger partial charge in [0.05, 0.1) is 7.11 Å². The first-order chi connectivity index (χ1) is 9.18. The van der Waals surface area contributed by atoms with Crippen molar-refractivity contribution in [1.29, 1.82) is 0 Å². The van der Waals surface area contributed by atoms with Crippen LogP contribution in [0.3, 0.4) is 0 Å². The molecule has 116 valence electrons. The van der Waals surface area contributed by atoms with Gasteiger partial charge in [0.15, 0.2) is 11.9 Å². The second kappa shape index (κ2) is 6.67. The van der Waals surface area contributed by atoms with Crippen molar-refractivity contribution in [2.75, 3.05) is 14.2 Å². The van der Waals surface area contributed by atoms with E-state index in [1.165, 1.54) is 14.2 Å². The minimum absolute atomic E-state index is 0.302. The van der Waals surface area contributed by atoms with Gasteiger partial charge in [-0.2, -0.15) is 0 Å². The summed E-state index contributed by atoms with van der Waals surface area (Å²) in [6.07, 6.45) is 0.916. The van der Waals surface area contributed by atoms with Gasteiger partial charge in [0.25, 0.3) is 5.91 Å². The normalized spacial score (nSPS) is 27.2. The molecule has 1 fully saturated rings. The van der Waals surface area contributed by atoms with Gasteiger partial charge in [-0.15, -0.1) is 0 Å². The Bertz CT molecular complexity index is 367. The molecule has 0 saturated carbocycles. The van der Waals surface area contributed by atoms with Crippen LogP contribution in [0.5, 0.6) is 0 Å². The SMILES string of the molecule is CON(C)C(=O)[C@@H]1OC(C)(C)O[C@H]1[C@H](O)/C=C/C(C)C. The molecular weight excluding hydrogens is 262 g/mol. The van der Waals surface area contributed by atoms with E-state index >= 15 is 0 Å². The number of aliphatic hydroxyl groups is 1. The van der Waals surface area contributed by atoms with Gasteiger partial charge >= 0.3 is 0 Å². The van der Waals surface area contributed by atoms with Crippen LogP contribution in [0.15, 0.2) is 12.2 Å². The van der Waals surface area contributed by atoms with E-state index in [1.54, 1.807) is 19.9 Å². The van der Waals surface area contributed by atoms with E-state index in [4.69, 9.17) is 14.3 Å². The Labute approximate surface area is 120 Å². The van der Waals surface area contributed by atoms with E-state index in [9.17, 15) is 9.90 Å². The summed E-state index contributed by atoms with van der Waals surface area (Å²) in [4.78, 5) is 17.0. The summed E-state index contributed by atoms with van der Waals surface area (Å²) < 4.78 is 11.2. The maximum atomic E-state index is 12.2. The predicted octanol–water partition coefficient (Wildman–Crippen LogP) is 1.10. The monoisotopic (exact) mass is 287 g/mol. The fraction of sp³-hybridized carbons (Fsp3) is 0.786. The van der Waals surface area contributed by atoms with E-state index in [0.717, 1.165) is 5.06 Å². The maximum absolute atomic E-state index is 12.2. The van der Waals surface area contributed by atoms with Crippen molar-refractivity contribution in [2.24, 2.45) is 5.92 Å². The second-order valence-electron chi connectivity index (χ2n) is 5.66. The number of likely N-dealkylation sites (N-methyl/N-ethyl adjacent to an activating group) is 1. The summed E-state index contributed by atoms with van der Waals surface area (Å²) in [6.45, 7) is 7.42. The molecule has 0 aromatic rings. The van der Waals surface area contributed by atoms with Gasteiger partial charge in [-0.1, -0.05) is 26.0 Å². The van der Waals surface area contributed by atoms with E-state index in [2.05, 4.69) is 0 Å². The van der Waals surface area contributed by atoms with E-state index < -0.39 is 24.1 Å². The summed E-state index contributed by atoms with van der Waals surface area (Å²) in [6, 6.07) is 0. The van der Waals surface area contributed by atoms with Crippen molar-refractivity contribution in [1.82, 2.24) is 5.06 Å². The van der Waals surface area contributed by atoms with Gasteiger partial charge in [0.2, 0.25) is 0 Å². The average Bonchev–Trinajstić information content (AvgIpc) is 2.70. The zero-order chi connectivity index (χ0) is 15.5. The molecule has 3 atom stereocenters. The third kappa shape index (κ3) is 4.28. The number of amides is 1. The topological polar surface area (TPSA) is 68.2 Å². The van der Waals surface area contributed by atoms with E-state index in [-0.39, 0.29) is 5.91 Å². The number of allylic oxidation sites excluding steroid dienone is 1. The predicted molar refractivity (Wildman–Crippen MR) is 73.6 cm³/mol. The van der Waals surface area contributed by atoms with Gasteiger partial charge in [-0.05, 0) is 19.8 Å². The quantitative estimate of drug-likeness (QED) is 0.606. The fourth-order valence-electron chi connectivity index (χ4n) is 1.94. The van der Waals surface area contributed by atoms with Crippen LogP contribution >= 0.6 is 0 Å². The van der Waals surface area contributed by atoms with Crippen molar-refractivity contribution in [2.45, 2.75) is 51.8 Å². The van der Waals surface area contributed by atoms with Crippen LogP contribution in [0.1, 0.15) is 27.7 Å². The molecule has 1 aliphatic rings. The number of carbonyl (C=O) groups excluding carboxylic acids is 1. The van der Waals surface area contributed by atoms with Crippen molar-refractivity contribution >= 4 is 5.91 Å². The van der Waals surface area contributed by atoms with Gasteiger partial charge in [-0.25, -0.2) is 5.06 Å². The second-order valence-corrected chi connectivity index (χ2v) is 5.66. The summed E-state index contributed by atoms with van der Waals surface area (Å²) in [5, 5.41) is 11.3. The molecule has 0 radical (unpaired) electrons. The van der Waals surface area contributed by atoms with Crippen LogP contribution in [0.25, 0.3) is 0 Å². The summed E-state index contributed by atoms with van der Waals surface area (Å²) in [5.74, 6) is -1.01. The van der Waals surface area contributed by atoms with Crippen molar-refractivity contribution in [3.63, 3.8) is 0 Å². The Kier molecular flexibility index (Phi) is 5.70. The van der Waals surface area contributed by atoms with Gasteiger partial charge < -0.3 is 14.6 Å². The first-order valence-corrected chi connectivity index (χ1v) is 6.71. The lowest BCUT2D eigenvalue weighted by Gasteiger charge is -2.23. The number of aliphatic hydroxyl groups excluding tert-OH is 1. The third-order valence-corrected chi connectivity index (χ3v) is 2.99. The van der Waals surface area contributed by atoms with Gasteiger partial charge in [0, 0.05) is 7.05 Å². The average molecular weight is 287 g/mol. The highest BCUT2D eigenvalue weighted by atomic mass is 16.8. The Balaban J connectivity index is 2.87. The molecule has 1 amide bonds. The maximum Gasteiger partial charge on any atom is 0.277 e. The van der Waals surface area contributed by atoms with E-state index in [1.807, 2.05) is 19.9 Å².